The van der Waals surface area contributed by atoms with Crippen LogP contribution in [0.2, 0.25) is 0 Å². The van der Waals surface area contributed by atoms with Crippen molar-refractivity contribution in [1.82, 2.24) is 20.0 Å². The second-order valence-electron chi connectivity index (χ2n) is 6.85. The molecule has 7 heteroatoms. The monoisotopic (exact) mass is 375 g/mol. The lowest BCUT2D eigenvalue weighted by Gasteiger charge is -2.22. The van der Waals surface area contributed by atoms with Gasteiger partial charge in [-0.1, -0.05) is 13.8 Å². The molecule has 0 atom stereocenters. The fourth-order valence-corrected chi connectivity index (χ4v) is 2.87. The molecule has 0 saturated carbocycles. The van der Waals surface area contributed by atoms with Crippen molar-refractivity contribution in [1.29, 1.82) is 0 Å². The van der Waals surface area contributed by atoms with Crippen LogP contribution in [0.4, 0.5) is 4.39 Å². The number of aliphatic imine (C=N–C) groups is 1. The fraction of sp³-hybridized carbons (Fsp3) is 0.500. The van der Waals surface area contributed by atoms with Crippen LogP contribution in [-0.2, 0) is 13.6 Å². The van der Waals surface area contributed by atoms with E-state index in [2.05, 4.69) is 40.4 Å². The number of hydrogen-bond acceptors (Lipinski definition) is 3. The minimum Gasteiger partial charge on any atom is -0.494 e. The molecule has 0 spiro atoms. The molecule has 0 bridgehead atoms. The number of aryl methyl sites for hydroxylation is 1. The Morgan fingerprint density at radius 2 is 2.04 bits per heavy atom. The van der Waals surface area contributed by atoms with Crippen LogP contribution >= 0.6 is 0 Å². The highest BCUT2D eigenvalue weighted by molar-refractivity contribution is 5.79. The van der Waals surface area contributed by atoms with Crippen molar-refractivity contribution in [3.63, 3.8) is 0 Å². The van der Waals surface area contributed by atoms with Crippen LogP contribution in [0.3, 0.4) is 0 Å². The number of halogens is 1. The molecule has 6 nitrogen and oxygen atoms in total. The van der Waals surface area contributed by atoms with Gasteiger partial charge in [0.15, 0.2) is 5.96 Å². The molecule has 27 heavy (non-hydrogen) atoms. The summed E-state index contributed by atoms with van der Waals surface area (Å²) in [5.41, 5.74) is 2.32. The predicted octanol–water partition coefficient (Wildman–Crippen LogP) is 3.16. The lowest BCUT2D eigenvalue weighted by molar-refractivity contribution is 0.309. The van der Waals surface area contributed by atoms with Gasteiger partial charge >= 0.3 is 0 Å². The highest BCUT2D eigenvalue weighted by atomic mass is 19.1. The summed E-state index contributed by atoms with van der Waals surface area (Å²) in [6.07, 6.45) is 2.88. The molecule has 0 aliphatic rings. The van der Waals surface area contributed by atoms with Crippen molar-refractivity contribution in [3.05, 3.63) is 47.5 Å². The first kappa shape index (κ1) is 20.7. The maximum absolute atomic E-state index is 12.9. The first-order valence-corrected chi connectivity index (χ1v) is 9.23. The largest absolute Gasteiger partial charge is 0.494 e. The van der Waals surface area contributed by atoms with Gasteiger partial charge in [-0.3, -0.25) is 9.67 Å². The normalized spacial score (nSPS) is 11.7. The standard InChI is InChI=1S/C20H30FN5O/c1-15(2)19-16(14-26(5)24-19)13-25(4)20(22-3)23-11-6-12-27-18-9-7-17(21)8-10-18/h7-10,14-15H,6,11-13H2,1-5H3,(H,22,23). The Labute approximate surface area is 161 Å². The van der Waals surface area contributed by atoms with E-state index < -0.39 is 0 Å². The number of aromatic nitrogens is 2. The maximum Gasteiger partial charge on any atom is 0.193 e. The number of benzene rings is 1. The minimum absolute atomic E-state index is 0.259. The van der Waals surface area contributed by atoms with Gasteiger partial charge in [-0.25, -0.2) is 4.39 Å². The molecule has 0 aliphatic heterocycles. The zero-order valence-corrected chi connectivity index (χ0v) is 16.9. The van der Waals surface area contributed by atoms with Crippen LogP contribution in [0, 0.1) is 5.82 Å². The fourth-order valence-electron chi connectivity index (χ4n) is 2.87. The summed E-state index contributed by atoms with van der Waals surface area (Å²) in [7, 11) is 5.74. The van der Waals surface area contributed by atoms with Crippen molar-refractivity contribution < 1.29 is 9.13 Å². The first-order valence-electron chi connectivity index (χ1n) is 9.23. The van der Waals surface area contributed by atoms with Crippen LogP contribution < -0.4 is 10.1 Å². The quantitative estimate of drug-likeness (QED) is 0.437. The summed E-state index contributed by atoms with van der Waals surface area (Å²) in [5, 5.41) is 7.91. The van der Waals surface area contributed by atoms with Crippen molar-refractivity contribution in [3.8, 4) is 5.75 Å². The summed E-state index contributed by atoms with van der Waals surface area (Å²) < 4.78 is 20.3. The third kappa shape index (κ3) is 6.27. The van der Waals surface area contributed by atoms with Crippen LogP contribution in [0.5, 0.6) is 5.75 Å². The van der Waals surface area contributed by atoms with Crippen LogP contribution in [0.25, 0.3) is 0 Å². The Morgan fingerprint density at radius 1 is 1.33 bits per heavy atom. The van der Waals surface area contributed by atoms with Crippen LogP contribution in [0.15, 0.2) is 35.5 Å². The van der Waals surface area contributed by atoms with Gasteiger partial charge in [0.05, 0.1) is 12.3 Å². The number of rotatable bonds is 8. The van der Waals surface area contributed by atoms with Gasteiger partial charge in [-0.2, -0.15) is 5.10 Å². The Bertz CT molecular complexity index is 739. The van der Waals surface area contributed by atoms with E-state index in [1.54, 1.807) is 19.2 Å². The Hall–Kier alpha value is -2.57. The van der Waals surface area contributed by atoms with Crippen molar-refractivity contribution >= 4 is 5.96 Å². The molecule has 148 valence electrons. The molecule has 1 heterocycles. The van der Waals surface area contributed by atoms with Gasteiger partial charge in [0, 0.05) is 46.0 Å². The average Bonchev–Trinajstić information content (AvgIpc) is 3.00. The van der Waals surface area contributed by atoms with E-state index in [4.69, 9.17) is 4.74 Å². The third-order valence-corrected chi connectivity index (χ3v) is 4.15. The van der Waals surface area contributed by atoms with Gasteiger partial charge in [0.1, 0.15) is 11.6 Å². The van der Waals surface area contributed by atoms with Gasteiger partial charge < -0.3 is 15.0 Å². The predicted molar refractivity (Wildman–Crippen MR) is 107 cm³/mol. The first-order chi connectivity index (χ1) is 12.9. The second-order valence-corrected chi connectivity index (χ2v) is 6.85. The summed E-state index contributed by atoms with van der Waals surface area (Å²) in [6.45, 7) is 6.34. The summed E-state index contributed by atoms with van der Waals surface area (Å²) in [5.74, 6) is 1.63. The molecule has 0 amide bonds. The van der Waals surface area contributed by atoms with E-state index in [0.29, 0.717) is 18.3 Å². The zero-order chi connectivity index (χ0) is 19.8. The number of nitrogens with zero attached hydrogens (tertiary/aromatic N) is 4. The van der Waals surface area contributed by atoms with Gasteiger partial charge in [0.25, 0.3) is 0 Å². The van der Waals surface area contributed by atoms with E-state index in [-0.39, 0.29) is 5.82 Å². The number of nitrogens with one attached hydrogen (secondary N) is 1. The summed E-state index contributed by atoms with van der Waals surface area (Å²) in [4.78, 5) is 6.44. The highest BCUT2D eigenvalue weighted by Crippen LogP contribution is 2.18. The molecule has 2 rings (SSSR count). The number of guanidine groups is 1. The molecule has 1 N–H and O–H groups in total. The number of ether oxygens (including phenoxy) is 1. The molecule has 1 aromatic heterocycles. The second kappa shape index (κ2) is 9.94. The molecule has 0 unspecified atom stereocenters. The lowest BCUT2D eigenvalue weighted by Crippen LogP contribution is -2.39. The Morgan fingerprint density at radius 3 is 2.67 bits per heavy atom. The molecule has 2 aromatic rings. The Kier molecular flexibility index (Phi) is 7.64. The lowest BCUT2D eigenvalue weighted by atomic mass is 10.1. The molecule has 0 saturated heterocycles. The molecule has 0 aliphatic carbocycles. The van der Waals surface area contributed by atoms with E-state index in [1.807, 2.05) is 18.8 Å². The Balaban J connectivity index is 1.78. The third-order valence-electron chi connectivity index (χ3n) is 4.15. The molecular weight excluding hydrogens is 345 g/mol. The van der Waals surface area contributed by atoms with E-state index >= 15 is 0 Å². The maximum atomic E-state index is 12.9. The summed E-state index contributed by atoms with van der Waals surface area (Å²) >= 11 is 0. The van der Waals surface area contributed by atoms with Crippen LogP contribution in [-0.4, -0.2) is 47.9 Å². The summed E-state index contributed by atoms with van der Waals surface area (Å²) in [6, 6.07) is 6.06. The van der Waals surface area contributed by atoms with Gasteiger partial charge in [-0.15, -0.1) is 0 Å². The highest BCUT2D eigenvalue weighted by Gasteiger charge is 2.14. The van der Waals surface area contributed by atoms with E-state index in [1.165, 1.54) is 17.7 Å². The molecule has 0 fully saturated rings. The smallest absolute Gasteiger partial charge is 0.193 e. The SMILES string of the molecule is CN=C(NCCCOc1ccc(F)cc1)N(C)Cc1cn(C)nc1C(C)C. The number of hydrogen-bond donors (Lipinski definition) is 1. The van der Waals surface area contributed by atoms with Gasteiger partial charge in [-0.05, 0) is 36.6 Å². The van der Waals surface area contributed by atoms with E-state index in [0.717, 1.165) is 31.2 Å². The van der Waals surface area contributed by atoms with E-state index in [9.17, 15) is 4.39 Å². The molecular formula is C20H30FN5O. The minimum atomic E-state index is -0.259. The molecule has 1 aromatic carbocycles. The zero-order valence-electron chi connectivity index (χ0n) is 16.9. The average molecular weight is 375 g/mol. The molecule has 0 radical (unpaired) electrons. The van der Waals surface area contributed by atoms with Crippen molar-refractivity contribution in [2.24, 2.45) is 12.0 Å². The topological polar surface area (TPSA) is 54.7 Å². The van der Waals surface area contributed by atoms with Crippen LogP contribution in [0.1, 0.15) is 37.4 Å². The van der Waals surface area contributed by atoms with Gasteiger partial charge in [0.2, 0.25) is 0 Å². The van der Waals surface area contributed by atoms with Crippen molar-refractivity contribution in [2.45, 2.75) is 32.7 Å². The van der Waals surface area contributed by atoms with Crippen molar-refractivity contribution in [2.75, 3.05) is 27.2 Å².